The number of hydrogen-bond donors (Lipinski definition) is 2. The first-order chi connectivity index (χ1) is 9.04. The monoisotopic (exact) mass is 263 g/mol. The summed E-state index contributed by atoms with van der Waals surface area (Å²) >= 11 is 0. The van der Waals surface area contributed by atoms with E-state index >= 15 is 0 Å². The van der Waals surface area contributed by atoms with Gasteiger partial charge in [-0.2, -0.15) is 0 Å². The first kappa shape index (κ1) is 12.3. The fourth-order valence-corrected chi connectivity index (χ4v) is 2.63. The molecule has 3 rings (SSSR count). The van der Waals surface area contributed by atoms with Crippen molar-refractivity contribution in [3.05, 3.63) is 23.3 Å². The van der Waals surface area contributed by atoms with Gasteiger partial charge in [-0.3, -0.25) is 4.79 Å². The number of aryl methyl sites for hydroxylation is 1. The Kier molecular flexibility index (Phi) is 2.67. The van der Waals surface area contributed by atoms with Crippen LogP contribution in [-0.4, -0.2) is 24.3 Å². The van der Waals surface area contributed by atoms with Crippen LogP contribution in [-0.2, 0) is 4.79 Å². The summed E-state index contributed by atoms with van der Waals surface area (Å²) in [5, 5.41) is 9.33. The van der Waals surface area contributed by atoms with E-state index in [0.29, 0.717) is 37.6 Å². The molecule has 102 valence electrons. The molecule has 0 saturated heterocycles. The summed E-state index contributed by atoms with van der Waals surface area (Å²) in [7, 11) is 0. The van der Waals surface area contributed by atoms with E-state index in [4.69, 9.17) is 15.2 Å². The predicted molar refractivity (Wildman–Crippen MR) is 68.4 cm³/mol. The SMILES string of the molecule is Cc1cc2c(cc1C(N)C1(C(=O)O)CC1)OCCO2. The van der Waals surface area contributed by atoms with Gasteiger partial charge >= 0.3 is 5.97 Å². The lowest BCUT2D eigenvalue weighted by Crippen LogP contribution is -2.30. The van der Waals surface area contributed by atoms with Crippen LogP contribution in [0.1, 0.15) is 30.0 Å². The molecule has 0 spiro atoms. The molecule has 19 heavy (non-hydrogen) atoms. The highest BCUT2D eigenvalue weighted by molar-refractivity contribution is 5.79. The molecule has 2 aliphatic rings. The first-order valence-electron chi connectivity index (χ1n) is 6.44. The Labute approximate surface area is 111 Å². The molecule has 1 fully saturated rings. The summed E-state index contributed by atoms with van der Waals surface area (Å²) in [6.07, 6.45) is 1.27. The van der Waals surface area contributed by atoms with Crippen LogP contribution in [0.3, 0.4) is 0 Å². The van der Waals surface area contributed by atoms with Crippen molar-refractivity contribution in [2.24, 2.45) is 11.1 Å². The molecule has 0 aromatic heterocycles. The smallest absolute Gasteiger partial charge is 0.311 e. The van der Waals surface area contributed by atoms with Crippen molar-refractivity contribution >= 4 is 5.97 Å². The molecular weight excluding hydrogens is 246 g/mol. The van der Waals surface area contributed by atoms with E-state index in [1.807, 2.05) is 19.1 Å². The van der Waals surface area contributed by atoms with E-state index in [9.17, 15) is 9.90 Å². The van der Waals surface area contributed by atoms with Crippen molar-refractivity contribution in [2.45, 2.75) is 25.8 Å². The maximum absolute atomic E-state index is 11.4. The number of carboxylic acids is 1. The zero-order chi connectivity index (χ0) is 13.6. The number of aliphatic carboxylic acids is 1. The zero-order valence-electron chi connectivity index (χ0n) is 10.8. The number of carbonyl (C=O) groups is 1. The van der Waals surface area contributed by atoms with Gasteiger partial charge in [0.2, 0.25) is 0 Å². The second-order valence-electron chi connectivity index (χ2n) is 5.29. The van der Waals surface area contributed by atoms with Crippen LogP contribution < -0.4 is 15.2 Å². The van der Waals surface area contributed by atoms with Crippen molar-refractivity contribution in [3.63, 3.8) is 0 Å². The van der Waals surface area contributed by atoms with Gasteiger partial charge in [-0.1, -0.05) is 0 Å². The molecular formula is C14H17NO4. The van der Waals surface area contributed by atoms with Crippen molar-refractivity contribution in [3.8, 4) is 11.5 Å². The third-order valence-electron chi connectivity index (χ3n) is 4.08. The Morgan fingerprint density at radius 2 is 1.89 bits per heavy atom. The first-order valence-corrected chi connectivity index (χ1v) is 6.44. The fraction of sp³-hybridized carbons (Fsp3) is 0.500. The second kappa shape index (κ2) is 4.13. The number of benzene rings is 1. The highest BCUT2D eigenvalue weighted by Crippen LogP contribution is 2.55. The summed E-state index contributed by atoms with van der Waals surface area (Å²) in [4.78, 5) is 11.4. The minimum absolute atomic E-state index is 0.499. The molecule has 1 aromatic rings. The van der Waals surface area contributed by atoms with Gasteiger partial charge in [0.25, 0.3) is 0 Å². The number of hydrogen-bond acceptors (Lipinski definition) is 4. The summed E-state index contributed by atoms with van der Waals surface area (Å²) < 4.78 is 11.0. The predicted octanol–water partition coefficient (Wildman–Crippen LogP) is 1.63. The van der Waals surface area contributed by atoms with Crippen LogP contribution in [0.5, 0.6) is 11.5 Å². The molecule has 1 heterocycles. The highest BCUT2D eigenvalue weighted by Gasteiger charge is 2.55. The normalized spacial score (nSPS) is 20.7. The van der Waals surface area contributed by atoms with Crippen LogP contribution in [0.25, 0.3) is 0 Å². The summed E-state index contributed by atoms with van der Waals surface area (Å²) in [6, 6.07) is 3.21. The minimum Gasteiger partial charge on any atom is -0.486 e. The maximum atomic E-state index is 11.4. The van der Waals surface area contributed by atoms with Gasteiger partial charge in [0.05, 0.1) is 5.41 Å². The van der Waals surface area contributed by atoms with Crippen LogP contribution >= 0.6 is 0 Å². The summed E-state index contributed by atoms with van der Waals surface area (Å²) in [5.41, 5.74) is 7.18. The number of rotatable bonds is 3. The third kappa shape index (κ3) is 1.85. The largest absolute Gasteiger partial charge is 0.486 e. The van der Waals surface area contributed by atoms with Crippen molar-refractivity contribution < 1.29 is 19.4 Å². The van der Waals surface area contributed by atoms with Crippen LogP contribution in [0.15, 0.2) is 12.1 Å². The Balaban J connectivity index is 1.99. The number of ether oxygens (including phenoxy) is 2. The van der Waals surface area contributed by atoms with E-state index in [1.54, 1.807) is 0 Å². The van der Waals surface area contributed by atoms with Crippen molar-refractivity contribution in [1.82, 2.24) is 0 Å². The average Bonchev–Trinajstić information content (AvgIpc) is 3.18. The zero-order valence-corrected chi connectivity index (χ0v) is 10.8. The van der Waals surface area contributed by atoms with E-state index in [1.165, 1.54) is 0 Å². The molecule has 5 nitrogen and oxygen atoms in total. The minimum atomic E-state index is -0.811. The fourth-order valence-electron chi connectivity index (χ4n) is 2.63. The van der Waals surface area contributed by atoms with Gasteiger partial charge < -0.3 is 20.3 Å². The van der Waals surface area contributed by atoms with E-state index < -0.39 is 17.4 Å². The Morgan fingerprint density at radius 3 is 2.42 bits per heavy atom. The summed E-state index contributed by atoms with van der Waals surface area (Å²) in [6.45, 7) is 2.97. The molecule has 1 aliphatic carbocycles. The second-order valence-corrected chi connectivity index (χ2v) is 5.29. The lowest BCUT2D eigenvalue weighted by molar-refractivity contribution is -0.144. The number of nitrogens with two attached hydrogens (primary N) is 1. The van der Waals surface area contributed by atoms with Gasteiger partial charge in [0, 0.05) is 6.04 Å². The van der Waals surface area contributed by atoms with Crippen molar-refractivity contribution in [1.29, 1.82) is 0 Å². The molecule has 5 heteroatoms. The quantitative estimate of drug-likeness (QED) is 0.866. The third-order valence-corrected chi connectivity index (χ3v) is 4.08. The van der Waals surface area contributed by atoms with Crippen molar-refractivity contribution in [2.75, 3.05) is 13.2 Å². The molecule has 1 aliphatic heterocycles. The van der Waals surface area contributed by atoms with Gasteiger partial charge in [-0.15, -0.1) is 0 Å². The average molecular weight is 263 g/mol. The van der Waals surface area contributed by atoms with E-state index in [0.717, 1.165) is 11.1 Å². The van der Waals surface area contributed by atoms with Gasteiger partial charge in [-0.05, 0) is 43.0 Å². The van der Waals surface area contributed by atoms with Gasteiger partial charge in [-0.25, -0.2) is 0 Å². The number of carboxylic acid groups (broad SMARTS) is 1. The van der Waals surface area contributed by atoms with Gasteiger partial charge in [0.15, 0.2) is 11.5 Å². The maximum Gasteiger partial charge on any atom is 0.311 e. The van der Waals surface area contributed by atoms with Crippen LogP contribution in [0.4, 0.5) is 0 Å². The molecule has 0 radical (unpaired) electrons. The highest BCUT2D eigenvalue weighted by atomic mass is 16.6. The van der Waals surface area contributed by atoms with Crippen LogP contribution in [0.2, 0.25) is 0 Å². The molecule has 3 N–H and O–H groups in total. The molecule has 0 bridgehead atoms. The van der Waals surface area contributed by atoms with Crippen LogP contribution in [0, 0.1) is 12.3 Å². The Morgan fingerprint density at radius 1 is 1.32 bits per heavy atom. The van der Waals surface area contributed by atoms with E-state index in [-0.39, 0.29) is 0 Å². The molecule has 1 unspecified atom stereocenters. The molecule has 1 saturated carbocycles. The molecule has 0 amide bonds. The standard InChI is InChI=1S/C14H17NO4/c1-8-6-10-11(19-5-4-18-10)7-9(8)12(15)14(2-3-14)13(16)17/h6-7,12H,2-5,15H2,1H3,(H,16,17). The van der Waals surface area contributed by atoms with Gasteiger partial charge in [0.1, 0.15) is 13.2 Å². The molecule has 1 aromatic carbocycles. The topological polar surface area (TPSA) is 81.8 Å². The lowest BCUT2D eigenvalue weighted by atomic mass is 9.88. The van der Waals surface area contributed by atoms with E-state index in [2.05, 4.69) is 0 Å². The number of fused-ring (bicyclic) bond motifs is 1. The summed E-state index contributed by atoms with van der Waals surface area (Å²) in [5.74, 6) is 0.553. The Bertz CT molecular complexity index is 536. The Hall–Kier alpha value is -1.75. The lowest BCUT2D eigenvalue weighted by Gasteiger charge is -2.25. The molecule has 1 atom stereocenters.